The van der Waals surface area contributed by atoms with E-state index in [1.165, 1.54) is 0 Å². The smallest absolute Gasteiger partial charge is 0.351 e. The molecule has 0 unspecified atom stereocenters. The van der Waals surface area contributed by atoms with E-state index < -0.39 is 29.6 Å². The van der Waals surface area contributed by atoms with E-state index in [9.17, 15) is 14.4 Å². The number of esters is 2. The van der Waals surface area contributed by atoms with E-state index in [0.29, 0.717) is 11.1 Å². The van der Waals surface area contributed by atoms with Crippen LogP contribution in [0.1, 0.15) is 35.7 Å². The maximum atomic E-state index is 13.0. The number of benzene rings is 2. The second-order valence-corrected chi connectivity index (χ2v) is 6.33. The lowest BCUT2D eigenvalue weighted by Gasteiger charge is -2.49. The highest BCUT2D eigenvalue weighted by Gasteiger charge is 2.70. The molecule has 2 atom stereocenters. The number of hydrogen-bond acceptors (Lipinski definition) is 6. The molecule has 1 fully saturated rings. The standard InChI is InChI=1S/C22H22O6/c1-3-26-20(24)22(21(25)27-4-2)17(15-11-7-5-8-12-15)19(28-22)18(23)16-13-9-6-10-14-16/h5-14,17,19H,3-4H2,1-2H3/t17-,19+/m0/s1. The zero-order chi connectivity index (χ0) is 20.1. The first-order chi connectivity index (χ1) is 13.6. The third-order valence-corrected chi connectivity index (χ3v) is 4.69. The average molecular weight is 382 g/mol. The fourth-order valence-electron chi connectivity index (χ4n) is 3.43. The Morgan fingerprint density at radius 2 is 1.36 bits per heavy atom. The van der Waals surface area contributed by atoms with Gasteiger partial charge in [-0.1, -0.05) is 60.7 Å². The van der Waals surface area contributed by atoms with Crippen LogP contribution in [-0.4, -0.2) is 42.6 Å². The second kappa shape index (κ2) is 8.35. The largest absolute Gasteiger partial charge is 0.463 e. The minimum Gasteiger partial charge on any atom is -0.463 e. The molecule has 28 heavy (non-hydrogen) atoms. The lowest BCUT2D eigenvalue weighted by atomic mass is 9.70. The summed E-state index contributed by atoms with van der Waals surface area (Å²) in [4.78, 5) is 38.6. The van der Waals surface area contributed by atoms with Crippen LogP contribution >= 0.6 is 0 Å². The maximum Gasteiger partial charge on any atom is 0.351 e. The molecule has 1 aliphatic heterocycles. The first-order valence-corrected chi connectivity index (χ1v) is 9.22. The Morgan fingerprint density at radius 3 is 1.86 bits per heavy atom. The Hall–Kier alpha value is -2.99. The maximum absolute atomic E-state index is 13.0. The molecule has 0 amide bonds. The third kappa shape index (κ3) is 3.31. The van der Waals surface area contributed by atoms with Crippen LogP contribution in [0.3, 0.4) is 0 Å². The van der Waals surface area contributed by atoms with Crippen molar-refractivity contribution in [1.82, 2.24) is 0 Å². The Bertz CT molecular complexity index is 828. The van der Waals surface area contributed by atoms with Crippen LogP contribution in [0.4, 0.5) is 0 Å². The van der Waals surface area contributed by atoms with Crippen molar-refractivity contribution < 1.29 is 28.6 Å². The van der Waals surface area contributed by atoms with Crippen LogP contribution in [0, 0.1) is 0 Å². The molecule has 0 bridgehead atoms. The van der Waals surface area contributed by atoms with Gasteiger partial charge in [0.1, 0.15) is 6.10 Å². The molecule has 0 saturated carbocycles. The molecule has 0 radical (unpaired) electrons. The van der Waals surface area contributed by atoms with Gasteiger partial charge in [0.25, 0.3) is 5.60 Å². The van der Waals surface area contributed by atoms with Gasteiger partial charge in [0.2, 0.25) is 0 Å². The van der Waals surface area contributed by atoms with E-state index in [1.807, 2.05) is 6.07 Å². The van der Waals surface area contributed by atoms with E-state index in [2.05, 4.69) is 0 Å². The minimum absolute atomic E-state index is 0.0716. The van der Waals surface area contributed by atoms with Crippen molar-refractivity contribution in [2.24, 2.45) is 0 Å². The normalized spacial score (nSPS) is 19.9. The van der Waals surface area contributed by atoms with Gasteiger partial charge in [0, 0.05) is 5.56 Å². The number of Topliss-reactive ketones (excluding diaryl/α,β-unsaturated/α-hetero) is 1. The number of hydrogen-bond donors (Lipinski definition) is 0. The molecule has 2 aromatic carbocycles. The summed E-state index contributed by atoms with van der Waals surface area (Å²) < 4.78 is 16.0. The molecular weight excluding hydrogens is 360 g/mol. The van der Waals surface area contributed by atoms with E-state index in [1.54, 1.807) is 68.4 Å². The molecule has 0 spiro atoms. The molecule has 3 rings (SSSR count). The van der Waals surface area contributed by atoms with Crippen molar-refractivity contribution in [3.8, 4) is 0 Å². The van der Waals surface area contributed by atoms with Crippen molar-refractivity contribution in [2.45, 2.75) is 31.5 Å². The average Bonchev–Trinajstić information content (AvgIpc) is 2.69. The summed E-state index contributed by atoms with van der Waals surface area (Å²) >= 11 is 0. The molecule has 0 aliphatic carbocycles. The topological polar surface area (TPSA) is 78.9 Å². The molecule has 0 N–H and O–H groups in total. The lowest BCUT2D eigenvalue weighted by molar-refractivity contribution is -0.236. The zero-order valence-corrected chi connectivity index (χ0v) is 15.8. The fourth-order valence-corrected chi connectivity index (χ4v) is 3.43. The first-order valence-electron chi connectivity index (χ1n) is 9.22. The van der Waals surface area contributed by atoms with Crippen molar-refractivity contribution in [2.75, 3.05) is 13.2 Å². The summed E-state index contributed by atoms with van der Waals surface area (Å²) in [6.07, 6.45) is -1.00. The molecule has 1 heterocycles. The van der Waals surface area contributed by atoms with E-state index in [-0.39, 0.29) is 19.0 Å². The van der Waals surface area contributed by atoms with E-state index in [0.717, 1.165) is 0 Å². The molecule has 146 valence electrons. The summed E-state index contributed by atoms with van der Waals surface area (Å²) in [6.45, 7) is 3.42. The summed E-state index contributed by atoms with van der Waals surface area (Å²) in [5, 5.41) is 0. The summed E-state index contributed by atoms with van der Waals surface area (Å²) in [5.74, 6) is -2.85. The molecule has 6 heteroatoms. The number of carbonyl (C=O) groups excluding carboxylic acids is 3. The molecular formula is C22H22O6. The molecule has 1 saturated heterocycles. The monoisotopic (exact) mass is 382 g/mol. The SMILES string of the molecule is CCOC(=O)C1(C(=O)OCC)O[C@@H](C(=O)c2ccccc2)[C@@H]1c1ccccc1. The molecule has 6 nitrogen and oxygen atoms in total. The highest BCUT2D eigenvalue weighted by atomic mass is 16.6. The van der Waals surface area contributed by atoms with Gasteiger partial charge in [-0.15, -0.1) is 0 Å². The van der Waals surface area contributed by atoms with Crippen molar-refractivity contribution >= 4 is 17.7 Å². The molecule has 1 aliphatic rings. The van der Waals surface area contributed by atoms with E-state index in [4.69, 9.17) is 14.2 Å². The van der Waals surface area contributed by atoms with E-state index >= 15 is 0 Å². The number of ether oxygens (including phenoxy) is 3. The van der Waals surface area contributed by atoms with Gasteiger partial charge in [-0.05, 0) is 19.4 Å². The van der Waals surface area contributed by atoms with Gasteiger partial charge < -0.3 is 14.2 Å². The van der Waals surface area contributed by atoms with Gasteiger partial charge in [-0.3, -0.25) is 4.79 Å². The highest BCUT2D eigenvalue weighted by Crippen LogP contribution is 2.49. The van der Waals surface area contributed by atoms with Crippen LogP contribution in [0.5, 0.6) is 0 Å². The Kier molecular flexibility index (Phi) is 5.90. The second-order valence-electron chi connectivity index (χ2n) is 6.33. The van der Waals surface area contributed by atoms with Gasteiger partial charge in [-0.2, -0.15) is 0 Å². The van der Waals surface area contributed by atoms with Gasteiger partial charge >= 0.3 is 11.9 Å². The predicted octanol–water partition coefficient (Wildman–Crippen LogP) is 2.92. The predicted molar refractivity (Wildman–Crippen MR) is 101 cm³/mol. The third-order valence-electron chi connectivity index (χ3n) is 4.69. The summed E-state index contributed by atoms with van der Waals surface area (Å²) in [6, 6.07) is 17.5. The van der Waals surface area contributed by atoms with Crippen LogP contribution in [-0.2, 0) is 23.8 Å². The quantitative estimate of drug-likeness (QED) is 0.416. The van der Waals surface area contributed by atoms with Crippen LogP contribution in [0.15, 0.2) is 60.7 Å². The van der Waals surface area contributed by atoms with Crippen molar-refractivity contribution in [1.29, 1.82) is 0 Å². The minimum atomic E-state index is -2.00. The van der Waals surface area contributed by atoms with Gasteiger partial charge in [-0.25, -0.2) is 9.59 Å². The number of rotatable bonds is 7. The zero-order valence-electron chi connectivity index (χ0n) is 15.8. The molecule has 2 aromatic rings. The molecule has 0 aromatic heterocycles. The Balaban J connectivity index is 2.06. The number of carbonyl (C=O) groups is 3. The Morgan fingerprint density at radius 1 is 0.857 bits per heavy atom. The van der Waals surface area contributed by atoms with Gasteiger partial charge in [0.15, 0.2) is 5.78 Å². The van der Waals surface area contributed by atoms with Crippen LogP contribution in [0.2, 0.25) is 0 Å². The Labute approximate surface area is 163 Å². The van der Waals surface area contributed by atoms with Gasteiger partial charge in [0.05, 0.1) is 19.1 Å². The number of ketones is 1. The fraction of sp³-hybridized carbons (Fsp3) is 0.318. The van der Waals surface area contributed by atoms with Crippen molar-refractivity contribution in [3.05, 3.63) is 71.8 Å². The lowest BCUT2D eigenvalue weighted by Crippen LogP contribution is -2.70. The first kappa shape index (κ1) is 19.8. The van der Waals surface area contributed by atoms with Crippen LogP contribution in [0.25, 0.3) is 0 Å². The summed E-state index contributed by atoms with van der Waals surface area (Å²) in [5.41, 5.74) is -0.929. The highest BCUT2D eigenvalue weighted by molar-refractivity contribution is 6.10. The summed E-state index contributed by atoms with van der Waals surface area (Å²) in [7, 11) is 0. The van der Waals surface area contributed by atoms with Crippen LogP contribution < -0.4 is 0 Å². The van der Waals surface area contributed by atoms with Crippen molar-refractivity contribution in [3.63, 3.8) is 0 Å².